The van der Waals surface area contributed by atoms with Crippen LogP contribution in [0.5, 0.6) is 5.75 Å². The molecule has 0 aromatic carbocycles. The Labute approximate surface area is 104 Å². The SMILES string of the molecule is Clc1c(I)nc2n1COc1ccncc1-2. The first-order valence-corrected chi connectivity index (χ1v) is 5.72. The number of nitrogens with zero attached hydrogens (tertiary/aromatic N) is 3. The Hall–Kier alpha value is -0.820. The molecular formula is C9H5ClIN3O. The van der Waals surface area contributed by atoms with Gasteiger partial charge >= 0.3 is 0 Å². The van der Waals surface area contributed by atoms with Crippen molar-refractivity contribution in [3.05, 3.63) is 27.3 Å². The van der Waals surface area contributed by atoms with Crippen molar-refractivity contribution in [1.29, 1.82) is 0 Å². The maximum Gasteiger partial charge on any atom is 0.167 e. The van der Waals surface area contributed by atoms with E-state index in [1.807, 2.05) is 10.6 Å². The van der Waals surface area contributed by atoms with Gasteiger partial charge in [0.15, 0.2) is 6.73 Å². The first-order valence-electron chi connectivity index (χ1n) is 4.26. The lowest BCUT2D eigenvalue weighted by atomic mass is 10.2. The van der Waals surface area contributed by atoms with E-state index in [9.17, 15) is 0 Å². The van der Waals surface area contributed by atoms with Gasteiger partial charge in [-0.05, 0) is 28.7 Å². The number of pyridine rings is 1. The van der Waals surface area contributed by atoms with Crippen LogP contribution >= 0.6 is 34.2 Å². The van der Waals surface area contributed by atoms with Crippen LogP contribution in [0.1, 0.15) is 0 Å². The average molecular weight is 334 g/mol. The van der Waals surface area contributed by atoms with Crippen LogP contribution in [0, 0.1) is 3.70 Å². The summed E-state index contributed by atoms with van der Waals surface area (Å²) < 4.78 is 8.15. The number of halogens is 2. The summed E-state index contributed by atoms with van der Waals surface area (Å²) in [5.74, 6) is 1.62. The van der Waals surface area contributed by atoms with Gasteiger partial charge in [0.05, 0.1) is 5.56 Å². The molecule has 0 radical (unpaired) electrons. The fraction of sp³-hybridized carbons (Fsp3) is 0.111. The van der Waals surface area contributed by atoms with Crippen LogP contribution in [0.3, 0.4) is 0 Å². The Morgan fingerprint density at radius 2 is 2.40 bits per heavy atom. The third-order valence-corrected chi connectivity index (χ3v) is 3.69. The number of rotatable bonds is 0. The molecule has 0 fully saturated rings. The lowest BCUT2D eigenvalue weighted by Gasteiger charge is -2.18. The topological polar surface area (TPSA) is 39.9 Å². The van der Waals surface area contributed by atoms with E-state index in [0.717, 1.165) is 20.8 Å². The van der Waals surface area contributed by atoms with E-state index in [0.29, 0.717) is 11.9 Å². The van der Waals surface area contributed by atoms with E-state index in [2.05, 4.69) is 32.6 Å². The van der Waals surface area contributed by atoms with E-state index >= 15 is 0 Å². The molecular weight excluding hydrogens is 328 g/mol. The molecule has 76 valence electrons. The average Bonchev–Trinajstić information content (AvgIpc) is 2.56. The number of imidazole rings is 1. The highest BCUT2D eigenvalue weighted by Gasteiger charge is 2.22. The molecule has 3 heterocycles. The monoisotopic (exact) mass is 333 g/mol. The Morgan fingerprint density at radius 1 is 1.53 bits per heavy atom. The summed E-state index contributed by atoms with van der Waals surface area (Å²) in [6, 6.07) is 1.83. The molecule has 0 amide bonds. The maximum absolute atomic E-state index is 6.09. The van der Waals surface area contributed by atoms with Gasteiger partial charge < -0.3 is 4.74 Å². The van der Waals surface area contributed by atoms with Crippen molar-refractivity contribution >= 4 is 34.2 Å². The first kappa shape index (κ1) is 9.41. The van der Waals surface area contributed by atoms with Crippen LogP contribution < -0.4 is 4.74 Å². The molecule has 2 aromatic heterocycles. The first-order chi connectivity index (χ1) is 7.27. The van der Waals surface area contributed by atoms with Crippen molar-refractivity contribution < 1.29 is 4.74 Å². The molecule has 3 rings (SSSR count). The summed E-state index contributed by atoms with van der Waals surface area (Å²) in [6.07, 6.45) is 3.43. The molecule has 6 heteroatoms. The van der Waals surface area contributed by atoms with E-state index in [1.54, 1.807) is 12.4 Å². The van der Waals surface area contributed by atoms with Crippen molar-refractivity contribution in [2.45, 2.75) is 6.73 Å². The molecule has 2 aromatic rings. The van der Waals surface area contributed by atoms with Crippen LogP contribution in [0.4, 0.5) is 0 Å². The van der Waals surface area contributed by atoms with Crippen molar-refractivity contribution in [3.8, 4) is 17.1 Å². The van der Waals surface area contributed by atoms with Gasteiger partial charge in [-0.2, -0.15) is 0 Å². The highest BCUT2D eigenvalue weighted by atomic mass is 127. The second-order valence-electron chi connectivity index (χ2n) is 3.09. The minimum atomic E-state index is 0.404. The van der Waals surface area contributed by atoms with Crippen molar-refractivity contribution in [3.63, 3.8) is 0 Å². The zero-order chi connectivity index (χ0) is 10.4. The smallest absolute Gasteiger partial charge is 0.167 e. The molecule has 0 atom stereocenters. The Balaban J connectivity index is 2.30. The van der Waals surface area contributed by atoms with E-state index < -0.39 is 0 Å². The second kappa shape index (κ2) is 3.34. The highest BCUT2D eigenvalue weighted by molar-refractivity contribution is 14.1. The highest BCUT2D eigenvalue weighted by Crippen LogP contribution is 2.35. The predicted molar refractivity (Wildman–Crippen MR) is 63.8 cm³/mol. The lowest BCUT2D eigenvalue weighted by Crippen LogP contribution is -2.13. The fourth-order valence-electron chi connectivity index (χ4n) is 1.54. The van der Waals surface area contributed by atoms with Gasteiger partial charge in [0.1, 0.15) is 20.4 Å². The molecule has 0 spiro atoms. The molecule has 0 N–H and O–H groups in total. The summed E-state index contributed by atoms with van der Waals surface area (Å²) in [6.45, 7) is 0.404. The number of hydrogen-bond acceptors (Lipinski definition) is 3. The number of fused-ring (bicyclic) bond motifs is 3. The second-order valence-corrected chi connectivity index (χ2v) is 4.47. The number of aromatic nitrogens is 3. The minimum Gasteiger partial charge on any atom is -0.472 e. The number of hydrogen-bond donors (Lipinski definition) is 0. The van der Waals surface area contributed by atoms with Gasteiger partial charge in [-0.1, -0.05) is 11.6 Å². The Bertz CT molecular complexity index is 540. The fourth-order valence-corrected chi connectivity index (χ4v) is 2.23. The van der Waals surface area contributed by atoms with E-state index in [-0.39, 0.29) is 0 Å². The Kier molecular flexibility index (Phi) is 2.10. The zero-order valence-corrected chi connectivity index (χ0v) is 10.4. The van der Waals surface area contributed by atoms with E-state index in [1.165, 1.54) is 0 Å². The standard InChI is InChI=1S/C9H5ClIN3O/c10-7-8(11)13-9-5-3-12-2-1-6(5)15-4-14(7)9/h1-3H,4H2. The molecule has 0 bridgehead atoms. The van der Waals surface area contributed by atoms with Crippen LogP contribution in [0.15, 0.2) is 18.5 Å². The molecule has 0 saturated carbocycles. The van der Waals surface area contributed by atoms with Crippen LogP contribution in [-0.2, 0) is 6.73 Å². The molecule has 0 saturated heterocycles. The number of ether oxygens (including phenoxy) is 1. The normalized spacial score (nSPS) is 12.9. The molecule has 4 nitrogen and oxygen atoms in total. The van der Waals surface area contributed by atoms with Crippen molar-refractivity contribution in [1.82, 2.24) is 14.5 Å². The third-order valence-electron chi connectivity index (χ3n) is 2.24. The maximum atomic E-state index is 6.09. The van der Waals surface area contributed by atoms with Crippen LogP contribution in [0.2, 0.25) is 5.15 Å². The minimum absolute atomic E-state index is 0.404. The lowest BCUT2D eigenvalue weighted by molar-refractivity contribution is 0.230. The quantitative estimate of drug-likeness (QED) is 0.696. The van der Waals surface area contributed by atoms with Gasteiger partial charge in [0.25, 0.3) is 0 Å². The van der Waals surface area contributed by atoms with Gasteiger partial charge in [0, 0.05) is 12.4 Å². The molecule has 15 heavy (non-hydrogen) atoms. The molecule has 0 aliphatic carbocycles. The molecule has 1 aliphatic heterocycles. The predicted octanol–water partition coefficient (Wildman–Crippen LogP) is 2.55. The van der Waals surface area contributed by atoms with Gasteiger partial charge in [-0.15, -0.1) is 0 Å². The largest absolute Gasteiger partial charge is 0.472 e. The van der Waals surface area contributed by atoms with Crippen LogP contribution in [0.25, 0.3) is 11.4 Å². The van der Waals surface area contributed by atoms with Crippen molar-refractivity contribution in [2.75, 3.05) is 0 Å². The Morgan fingerprint density at radius 3 is 3.27 bits per heavy atom. The summed E-state index contributed by atoms with van der Waals surface area (Å²) >= 11 is 8.19. The third kappa shape index (κ3) is 1.33. The summed E-state index contributed by atoms with van der Waals surface area (Å²) in [7, 11) is 0. The summed E-state index contributed by atoms with van der Waals surface area (Å²) in [5, 5.41) is 0.611. The van der Waals surface area contributed by atoms with E-state index in [4.69, 9.17) is 16.3 Å². The van der Waals surface area contributed by atoms with Crippen LogP contribution in [-0.4, -0.2) is 14.5 Å². The van der Waals surface area contributed by atoms with Gasteiger partial charge in [-0.3, -0.25) is 9.55 Å². The van der Waals surface area contributed by atoms with Crippen molar-refractivity contribution in [2.24, 2.45) is 0 Å². The summed E-state index contributed by atoms with van der Waals surface area (Å²) in [5.41, 5.74) is 0.883. The molecule has 1 aliphatic rings. The van der Waals surface area contributed by atoms with Gasteiger partial charge in [0.2, 0.25) is 0 Å². The zero-order valence-electron chi connectivity index (χ0n) is 7.44. The van der Waals surface area contributed by atoms with Gasteiger partial charge in [-0.25, -0.2) is 4.98 Å². The molecule has 0 unspecified atom stereocenters. The summed E-state index contributed by atoms with van der Waals surface area (Å²) in [4.78, 5) is 8.45.